The second kappa shape index (κ2) is 6.66. The molecule has 0 saturated carbocycles. The van der Waals surface area contributed by atoms with Gasteiger partial charge in [0.15, 0.2) is 0 Å². The summed E-state index contributed by atoms with van der Waals surface area (Å²) >= 11 is -0.377. The highest BCUT2D eigenvalue weighted by molar-refractivity contribution is 8.00. The number of aryl methyl sites for hydroxylation is 1. The largest absolute Gasteiger partial charge is 0.466 e. The summed E-state index contributed by atoms with van der Waals surface area (Å²) in [4.78, 5) is 11.3. The van der Waals surface area contributed by atoms with Crippen LogP contribution in [0.1, 0.15) is 23.6 Å². The molecule has 3 nitrogen and oxygen atoms in total. The van der Waals surface area contributed by atoms with E-state index in [1.54, 1.807) is 19.9 Å². The second-order valence-corrected chi connectivity index (χ2v) is 4.95. The van der Waals surface area contributed by atoms with Gasteiger partial charge in [-0.05, 0) is 42.8 Å². The summed E-state index contributed by atoms with van der Waals surface area (Å²) in [6.07, 6.45) is -0.284. The van der Waals surface area contributed by atoms with E-state index >= 15 is 0 Å². The number of nitriles is 1. The molecule has 7 heteroatoms. The first kappa shape index (κ1) is 16.4. The van der Waals surface area contributed by atoms with E-state index < -0.39 is 11.5 Å². The molecular weight excluding hydrogens is 291 g/mol. The number of hydrogen-bond donors (Lipinski definition) is 0. The quantitative estimate of drug-likeness (QED) is 0.630. The van der Waals surface area contributed by atoms with Crippen molar-refractivity contribution in [3.8, 4) is 6.07 Å². The number of thioether (sulfide) groups is 1. The number of rotatable bonds is 4. The lowest BCUT2D eigenvalue weighted by Gasteiger charge is -2.14. The zero-order valence-electron chi connectivity index (χ0n) is 10.9. The van der Waals surface area contributed by atoms with E-state index in [-0.39, 0.29) is 40.8 Å². The van der Waals surface area contributed by atoms with E-state index in [1.807, 2.05) is 0 Å². The minimum atomic E-state index is -4.52. The van der Waals surface area contributed by atoms with Crippen molar-refractivity contribution in [3.05, 3.63) is 28.8 Å². The van der Waals surface area contributed by atoms with Gasteiger partial charge in [0.2, 0.25) is 0 Å². The zero-order chi connectivity index (χ0) is 15.3. The number of alkyl halides is 3. The fourth-order valence-electron chi connectivity index (χ4n) is 1.62. The van der Waals surface area contributed by atoms with E-state index in [0.29, 0.717) is 5.56 Å². The summed E-state index contributed by atoms with van der Waals surface area (Å²) in [5.41, 5.74) is -3.92. The molecular formula is C13H12F3NO2S. The first-order chi connectivity index (χ1) is 9.28. The highest BCUT2D eigenvalue weighted by Gasteiger charge is 2.32. The van der Waals surface area contributed by atoms with Crippen LogP contribution in [0.4, 0.5) is 13.2 Å². The monoisotopic (exact) mass is 303 g/mol. The van der Waals surface area contributed by atoms with E-state index in [1.165, 1.54) is 12.1 Å². The SMILES string of the molecule is CCOC(=O)Cc1c(C)ccc(C#N)c1SC(F)(F)F. The van der Waals surface area contributed by atoms with Crippen LogP contribution in [0.5, 0.6) is 0 Å². The Morgan fingerprint density at radius 1 is 1.45 bits per heavy atom. The molecule has 0 aromatic heterocycles. The molecule has 1 aromatic carbocycles. The summed E-state index contributed by atoms with van der Waals surface area (Å²) in [7, 11) is 0. The summed E-state index contributed by atoms with van der Waals surface area (Å²) in [6, 6.07) is 4.56. The smallest absolute Gasteiger partial charge is 0.446 e. The topological polar surface area (TPSA) is 50.1 Å². The number of hydrogen-bond acceptors (Lipinski definition) is 4. The minimum Gasteiger partial charge on any atom is -0.466 e. The molecule has 0 saturated heterocycles. The summed E-state index contributed by atoms with van der Waals surface area (Å²) in [5.74, 6) is -0.616. The van der Waals surface area contributed by atoms with Crippen molar-refractivity contribution in [3.63, 3.8) is 0 Å². The number of esters is 1. The van der Waals surface area contributed by atoms with E-state index in [2.05, 4.69) is 0 Å². The summed E-state index contributed by atoms with van der Waals surface area (Å²) in [6.45, 7) is 3.36. The Balaban J connectivity index is 3.26. The van der Waals surface area contributed by atoms with Gasteiger partial charge in [-0.3, -0.25) is 4.79 Å². The Morgan fingerprint density at radius 3 is 2.60 bits per heavy atom. The van der Waals surface area contributed by atoms with Gasteiger partial charge in [0.25, 0.3) is 0 Å². The molecule has 0 radical (unpaired) electrons. The maximum absolute atomic E-state index is 12.6. The Kier molecular flexibility index (Phi) is 5.45. The van der Waals surface area contributed by atoms with Gasteiger partial charge < -0.3 is 4.74 Å². The molecule has 0 bridgehead atoms. The van der Waals surface area contributed by atoms with Crippen molar-refractivity contribution in [1.82, 2.24) is 0 Å². The van der Waals surface area contributed by atoms with Gasteiger partial charge in [-0.25, -0.2) is 0 Å². The van der Waals surface area contributed by atoms with Gasteiger partial charge in [-0.1, -0.05) is 6.07 Å². The standard InChI is InChI=1S/C13H12F3NO2S/c1-3-19-11(18)6-10-8(2)4-5-9(7-17)12(10)20-13(14,15)16/h4-5H,3,6H2,1-2H3. The van der Waals surface area contributed by atoms with Crippen molar-refractivity contribution >= 4 is 17.7 Å². The van der Waals surface area contributed by atoms with Crippen LogP contribution in [-0.2, 0) is 16.0 Å². The third-order valence-corrected chi connectivity index (χ3v) is 3.36. The average molecular weight is 303 g/mol. The molecule has 0 amide bonds. The first-order valence-electron chi connectivity index (χ1n) is 5.72. The highest BCUT2D eigenvalue weighted by Crippen LogP contribution is 2.41. The maximum atomic E-state index is 12.6. The molecule has 0 atom stereocenters. The minimum absolute atomic E-state index is 0.0998. The van der Waals surface area contributed by atoms with Crippen LogP contribution >= 0.6 is 11.8 Å². The maximum Gasteiger partial charge on any atom is 0.446 e. The molecule has 108 valence electrons. The van der Waals surface area contributed by atoms with Crippen LogP contribution in [0.25, 0.3) is 0 Å². The Bertz CT molecular complexity index is 550. The molecule has 0 heterocycles. The lowest BCUT2D eigenvalue weighted by molar-refractivity contribution is -0.142. The van der Waals surface area contributed by atoms with E-state index in [4.69, 9.17) is 10.00 Å². The fourth-order valence-corrected chi connectivity index (χ4v) is 2.43. The Labute approximate surface area is 118 Å². The third-order valence-electron chi connectivity index (χ3n) is 2.46. The molecule has 0 N–H and O–H groups in total. The average Bonchev–Trinajstić information content (AvgIpc) is 2.32. The highest BCUT2D eigenvalue weighted by atomic mass is 32.2. The number of carbonyl (C=O) groups is 1. The Hall–Kier alpha value is -1.68. The van der Waals surface area contributed by atoms with Gasteiger partial charge >= 0.3 is 11.5 Å². The lowest BCUT2D eigenvalue weighted by Crippen LogP contribution is -2.11. The van der Waals surface area contributed by atoms with E-state index in [0.717, 1.165) is 0 Å². The number of ether oxygens (including phenoxy) is 1. The number of halogens is 3. The number of benzene rings is 1. The third kappa shape index (κ3) is 4.46. The van der Waals surface area contributed by atoms with Crippen LogP contribution in [0.3, 0.4) is 0 Å². The number of carbonyl (C=O) groups excluding carboxylic acids is 1. The molecule has 0 aliphatic carbocycles. The van der Waals surface area contributed by atoms with Crippen LogP contribution in [0, 0.1) is 18.3 Å². The van der Waals surface area contributed by atoms with Crippen molar-refractivity contribution in [2.45, 2.75) is 30.7 Å². The van der Waals surface area contributed by atoms with Crippen LogP contribution in [0.15, 0.2) is 17.0 Å². The predicted octanol–water partition coefficient (Wildman–Crippen LogP) is 3.58. The van der Waals surface area contributed by atoms with Crippen LogP contribution < -0.4 is 0 Å². The van der Waals surface area contributed by atoms with Gasteiger partial charge in [-0.15, -0.1) is 0 Å². The van der Waals surface area contributed by atoms with Gasteiger partial charge in [-0.2, -0.15) is 18.4 Å². The lowest BCUT2D eigenvalue weighted by atomic mass is 10.0. The molecule has 0 aliphatic rings. The van der Waals surface area contributed by atoms with Crippen LogP contribution in [0.2, 0.25) is 0 Å². The molecule has 0 unspecified atom stereocenters. The predicted molar refractivity (Wildman–Crippen MR) is 68.1 cm³/mol. The molecule has 0 aliphatic heterocycles. The number of nitrogens with zero attached hydrogens (tertiary/aromatic N) is 1. The molecule has 0 fully saturated rings. The molecule has 20 heavy (non-hydrogen) atoms. The summed E-state index contributed by atoms with van der Waals surface area (Å²) in [5, 5.41) is 8.92. The molecule has 1 aromatic rings. The van der Waals surface area contributed by atoms with Crippen LogP contribution in [-0.4, -0.2) is 18.1 Å². The zero-order valence-corrected chi connectivity index (χ0v) is 11.7. The molecule has 0 spiro atoms. The van der Waals surface area contributed by atoms with E-state index in [9.17, 15) is 18.0 Å². The first-order valence-corrected chi connectivity index (χ1v) is 6.54. The molecule has 1 rings (SSSR count). The van der Waals surface area contributed by atoms with Crippen molar-refractivity contribution < 1.29 is 22.7 Å². The summed E-state index contributed by atoms with van der Waals surface area (Å²) < 4.78 is 42.5. The Morgan fingerprint density at radius 2 is 2.10 bits per heavy atom. The van der Waals surface area contributed by atoms with Gasteiger partial charge in [0, 0.05) is 4.90 Å². The van der Waals surface area contributed by atoms with Crippen molar-refractivity contribution in [1.29, 1.82) is 5.26 Å². The van der Waals surface area contributed by atoms with Crippen molar-refractivity contribution in [2.24, 2.45) is 0 Å². The van der Waals surface area contributed by atoms with Crippen molar-refractivity contribution in [2.75, 3.05) is 6.61 Å². The normalized spacial score (nSPS) is 11.0. The second-order valence-electron chi connectivity index (χ2n) is 3.88. The fraction of sp³-hybridized carbons (Fsp3) is 0.385. The van der Waals surface area contributed by atoms with Gasteiger partial charge in [0.05, 0.1) is 18.6 Å². The van der Waals surface area contributed by atoms with Gasteiger partial charge in [0.1, 0.15) is 6.07 Å².